The molecule has 0 aromatic heterocycles. The Kier molecular flexibility index (Phi) is 3.16. The highest BCUT2D eigenvalue weighted by molar-refractivity contribution is 4.70. The Morgan fingerprint density at radius 1 is 1.80 bits per heavy atom. The van der Waals surface area contributed by atoms with E-state index in [1.807, 2.05) is 0 Å². The van der Waals surface area contributed by atoms with E-state index in [1.54, 1.807) is 0 Å². The molecule has 1 aliphatic heterocycles. The third kappa shape index (κ3) is 2.67. The van der Waals surface area contributed by atoms with Crippen LogP contribution in [0.2, 0.25) is 0 Å². The zero-order valence-corrected chi connectivity index (χ0v) is 6.60. The highest BCUT2D eigenvalue weighted by Gasteiger charge is 2.14. The summed E-state index contributed by atoms with van der Waals surface area (Å²) in [5.41, 5.74) is 0. The van der Waals surface area contributed by atoms with Gasteiger partial charge in [0.25, 0.3) is 0 Å². The van der Waals surface area contributed by atoms with Gasteiger partial charge >= 0.3 is 0 Å². The van der Waals surface area contributed by atoms with Gasteiger partial charge in [0.05, 0.1) is 6.10 Å². The molecule has 0 bridgehead atoms. The van der Waals surface area contributed by atoms with Crippen LogP contribution in [0.25, 0.3) is 0 Å². The largest absolute Gasteiger partial charge is 0.377 e. The fraction of sp³-hybridized carbons (Fsp3) is 0.875. The van der Waals surface area contributed by atoms with Gasteiger partial charge in [0.1, 0.15) is 0 Å². The average molecular weight is 142 g/mol. The predicted molar refractivity (Wildman–Crippen MR) is 41.8 cm³/mol. The van der Waals surface area contributed by atoms with E-state index in [4.69, 9.17) is 4.74 Å². The van der Waals surface area contributed by atoms with Gasteiger partial charge in [0.2, 0.25) is 0 Å². The summed E-state index contributed by atoms with van der Waals surface area (Å²) in [5.74, 6) is 0. The van der Waals surface area contributed by atoms with Gasteiger partial charge in [-0.25, -0.2) is 0 Å². The predicted octanol–water partition coefficient (Wildman–Crippen LogP) is 0.978. The van der Waals surface area contributed by atoms with E-state index in [0.29, 0.717) is 12.1 Å². The molecule has 1 fully saturated rings. The van der Waals surface area contributed by atoms with Gasteiger partial charge in [-0.15, -0.1) is 0 Å². The molecule has 10 heavy (non-hydrogen) atoms. The van der Waals surface area contributed by atoms with Crippen molar-refractivity contribution in [2.45, 2.75) is 31.9 Å². The van der Waals surface area contributed by atoms with E-state index in [2.05, 4.69) is 19.2 Å². The van der Waals surface area contributed by atoms with Crippen LogP contribution in [0.3, 0.4) is 0 Å². The van der Waals surface area contributed by atoms with E-state index in [9.17, 15) is 0 Å². The van der Waals surface area contributed by atoms with Gasteiger partial charge in [-0.3, -0.25) is 0 Å². The fourth-order valence-corrected chi connectivity index (χ4v) is 1.14. The Bertz CT molecular complexity index is 87.3. The van der Waals surface area contributed by atoms with Crippen molar-refractivity contribution in [3.63, 3.8) is 0 Å². The molecule has 0 aromatic rings. The molecular formula is C8H16NO. The molecule has 0 aromatic carbocycles. The van der Waals surface area contributed by atoms with Crippen molar-refractivity contribution in [1.82, 2.24) is 5.32 Å². The molecule has 1 N–H and O–H groups in total. The minimum atomic E-state index is 0.337. The maximum atomic E-state index is 5.41. The summed E-state index contributed by atoms with van der Waals surface area (Å²) in [4.78, 5) is 0. The lowest BCUT2D eigenvalue weighted by atomic mass is 10.2. The minimum Gasteiger partial charge on any atom is -0.377 e. The molecule has 1 rings (SSSR count). The molecule has 0 spiro atoms. The first-order valence-electron chi connectivity index (χ1n) is 3.97. The molecule has 1 heterocycles. The third-order valence-electron chi connectivity index (χ3n) is 1.72. The van der Waals surface area contributed by atoms with Crippen LogP contribution in [-0.2, 0) is 4.74 Å². The van der Waals surface area contributed by atoms with Gasteiger partial charge in [-0.05, 0) is 26.7 Å². The summed E-state index contributed by atoms with van der Waals surface area (Å²) in [7, 11) is 0. The molecule has 1 aliphatic rings. The Balaban J connectivity index is 2.01. The monoisotopic (exact) mass is 142 g/mol. The summed E-state index contributed by atoms with van der Waals surface area (Å²) in [5, 5.41) is 3.25. The highest BCUT2D eigenvalue weighted by Crippen LogP contribution is 2.10. The van der Waals surface area contributed by atoms with Crippen LogP contribution in [0.1, 0.15) is 19.8 Å². The van der Waals surface area contributed by atoms with Crippen molar-refractivity contribution in [3.8, 4) is 0 Å². The maximum absolute atomic E-state index is 5.41. The lowest BCUT2D eigenvalue weighted by Crippen LogP contribution is -2.31. The molecule has 2 heteroatoms. The quantitative estimate of drug-likeness (QED) is 0.634. The van der Waals surface area contributed by atoms with Crippen molar-refractivity contribution < 1.29 is 4.74 Å². The molecule has 59 valence electrons. The summed E-state index contributed by atoms with van der Waals surface area (Å²) >= 11 is 0. The number of nitrogens with one attached hydrogen (secondary N) is 1. The normalized spacial score (nSPS) is 26.1. The average Bonchev–Trinajstić information content (AvgIpc) is 2.34. The maximum Gasteiger partial charge on any atom is 0.0700 e. The summed E-state index contributed by atoms with van der Waals surface area (Å²) in [6.45, 7) is 7.79. The lowest BCUT2D eigenvalue weighted by molar-refractivity contribution is 0.109. The molecule has 2 nitrogen and oxygen atoms in total. The number of hydrogen-bond acceptors (Lipinski definition) is 2. The molecule has 0 saturated carbocycles. The minimum absolute atomic E-state index is 0.337. The Morgan fingerprint density at radius 2 is 2.60 bits per heavy atom. The second-order valence-electron chi connectivity index (χ2n) is 2.94. The van der Waals surface area contributed by atoms with Crippen LogP contribution in [0.5, 0.6) is 0 Å². The second-order valence-corrected chi connectivity index (χ2v) is 2.94. The van der Waals surface area contributed by atoms with Crippen LogP contribution in [-0.4, -0.2) is 25.3 Å². The van der Waals surface area contributed by atoms with Crippen molar-refractivity contribution >= 4 is 0 Å². The zero-order chi connectivity index (χ0) is 7.40. The first-order valence-corrected chi connectivity index (χ1v) is 3.97. The first kappa shape index (κ1) is 8.02. The van der Waals surface area contributed by atoms with Gasteiger partial charge in [-0.1, -0.05) is 0 Å². The van der Waals surface area contributed by atoms with Crippen molar-refractivity contribution in [3.05, 3.63) is 6.92 Å². The molecule has 0 amide bonds. The van der Waals surface area contributed by atoms with E-state index >= 15 is 0 Å². The Hall–Kier alpha value is -0.0800. The Labute approximate surface area is 63.0 Å². The molecular weight excluding hydrogens is 126 g/mol. The number of ether oxygens (including phenoxy) is 1. The topological polar surface area (TPSA) is 21.3 Å². The molecule has 0 aliphatic carbocycles. The van der Waals surface area contributed by atoms with Gasteiger partial charge < -0.3 is 10.1 Å². The van der Waals surface area contributed by atoms with Crippen molar-refractivity contribution in [2.24, 2.45) is 0 Å². The van der Waals surface area contributed by atoms with Crippen LogP contribution in [0, 0.1) is 6.92 Å². The summed E-state index contributed by atoms with van der Waals surface area (Å²) < 4.78 is 5.41. The highest BCUT2D eigenvalue weighted by atomic mass is 16.5. The van der Waals surface area contributed by atoms with Crippen molar-refractivity contribution in [2.75, 3.05) is 13.2 Å². The fourth-order valence-electron chi connectivity index (χ4n) is 1.14. The van der Waals surface area contributed by atoms with E-state index in [-0.39, 0.29) is 0 Å². The molecule has 2 atom stereocenters. The summed E-state index contributed by atoms with van der Waals surface area (Å²) in [6, 6.07) is 0.337. The summed E-state index contributed by atoms with van der Waals surface area (Å²) in [6.07, 6.45) is 2.88. The third-order valence-corrected chi connectivity index (χ3v) is 1.72. The van der Waals surface area contributed by atoms with E-state index in [1.165, 1.54) is 12.8 Å². The van der Waals surface area contributed by atoms with Crippen LogP contribution >= 0.6 is 0 Å². The first-order chi connectivity index (χ1) is 4.79. The smallest absolute Gasteiger partial charge is 0.0700 e. The molecule has 1 saturated heterocycles. The second kappa shape index (κ2) is 3.94. The number of hydrogen-bond donors (Lipinski definition) is 1. The Morgan fingerprint density at radius 3 is 3.10 bits per heavy atom. The molecule has 2 unspecified atom stereocenters. The van der Waals surface area contributed by atoms with Crippen molar-refractivity contribution in [1.29, 1.82) is 0 Å². The van der Waals surface area contributed by atoms with Gasteiger partial charge in [0.15, 0.2) is 0 Å². The van der Waals surface area contributed by atoms with Crippen LogP contribution in [0.4, 0.5) is 0 Å². The standard InChI is InChI=1S/C8H16NO/c1-7(2)9-6-8-4-3-5-10-8/h7-9H,1,3-6H2,2H3. The number of rotatable bonds is 3. The van der Waals surface area contributed by atoms with Gasteiger partial charge in [-0.2, -0.15) is 0 Å². The van der Waals surface area contributed by atoms with Crippen LogP contribution < -0.4 is 5.32 Å². The zero-order valence-electron chi connectivity index (χ0n) is 6.60. The lowest BCUT2D eigenvalue weighted by Gasteiger charge is -2.12. The van der Waals surface area contributed by atoms with E-state index in [0.717, 1.165) is 13.2 Å². The van der Waals surface area contributed by atoms with Crippen LogP contribution in [0.15, 0.2) is 0 Å². The molecule has 1 radical (unpaired) electrons. The van der Waals surface area contributed by atoms with E-state index < -0.39 is 0 Å². The SMILES string of the molecule is [CH2]C(C)NCC1CCCO1. The van der Waals surface area contributed by atoms with Gasteiger partial charge in [0, 0.05) is 19.2 Å².